The maximum absolute atomic E-state index is 5.47. The Bertz CT molecular complexity index is 491. The second kappa shape index (κ2) is 5.52. The lowest BCUT2D eigenvalue weighted by molar-refractivity contribution is 0.474. The molecular formula is C17H23NO. The zero-order chi connectivity index (χ0) is 13.9. The Morgan fingerprint density at radius 2 is 1.79 bits per heavy atom. The number of hydrogen-bond acceptors (Lipinski definition) is 2. The number of anilines is 1. The summed E-state index contributed by atoms with van der Waals surface area (Å²) >= 11 is 0. The molecule has 2 heteroatoms. The van der Waals surface area contributed by atoms with E-state index < -0.39 is 0 Å². The van der Waals surface area contributed by atoms with Crippen molar-refractivity contribution in [2.75, 3.05) is 5.32 Å². The van der Waals surface area contributed by atoms with Gasteiger partial charge in [0, 0.05) is 5.69 Å². The molecule has 0 aliphatic heterocycles. The summed E-state index contributed by atoms with van der Waals surface area (Å²) in [5.74, 6) is 0.988. The quantitative estimate of drug-likeness (QED) is 0.820. The van der Waals surface area contributed by atoms with E-state index in [1.807, 2.05) is 12.1 Å². The normalized spacial score (nSPS) is 13.3. The molecule has 1 aromatic heterocycles. The maximum Gasteiger partial charge on any atom is 0.125 e. The van der Waals surface area contributed by atoms with Crippen molar-refractivity contribution in [3.8, 4) is 0 Å². The lowest BCUT2D eigenvalue weighted by Gasteiger charge is -2.20. The van der Waals surface area contributed by atoms with Crippen LogP contribution in [-0.2, 0) is 5.41 Å². The van der Waals surface area contributed by atoms with Crippen molar-refractivity contribution in [3.05, 3.63) is 54.0 Å². The van der Waals surface area contributed by atoms with Gasteiger partial charge in [0.15, 0.2) is 0 Å². The highest BCUT2D eigenvalue weighted by molar-refractivity contribution is 5.47. The van der Waals surface area contributed by atoms with E-state index in [-0.39, 0.29) is 11.5 Å². The van der Waals surface area contributed by atoms with Crippen LogP contribution in [0.25, 0.3) is 0 Å². The third kappa shape index (κ3) is 3.40. The summed E-state index contributed by atoms with van der Waals surface area (Å²) in [6.07, 6.45) is 2.72. The molecule has 1 unspecified atom stereocenters. The molecule has 0 spiro atoms. The fraction of sp³-hybridized carbons (Fsp3) is 0.412. The van der Waals surface area contributed by atoms with Crippen molar-refractivity contribution >= 4 is 5.69 Å². The van der Waals surface area contributed by atoms with Gasteiger partial charge >= 0.3 is 0 Å². The number of hydrogen-bond donors (Lipinski definition) is 1. The first-order chi connectivity index (χ1) is 9.00. The van der Waals surface area contributed by atoms with Crippen LogP contribution in [-0.4, -0.2) is 0 Å². The topological polar surface area (TPSA) is 25.2 Å². The van der Waals surface area contributed by atoms with E-state index in [4.69, 9.17) is 4.42 Å². The standard InChI is InChI=1S/C17H23NO/c1-5-15(16-7-6-12-19-16)18-14-10-8-13(9-11-14)17(2,3)4/h6-12,15,18H,5H2,1-4H3. The zero-order valence-electron chi connectivity index (χ0n) is 12.2. The molecule has 1 heterocycles. The number of furan rings is 1. The van der Waals surface area contributed by atoms with E-state index in [9.17, 15) is 0 Å². The van der Waals surface area contributed by atoms with Gasteiger partial charge < -0.3 is 9.73 Å². The molecule has 19 heavy (non-hydrogen) atoms. The first kappa shape index (κ1) is 13.7. The number of rotatable bonds is 4. The molecule has 0 aliphatic carbocycles. The SMILES string of the molecule is CCC(Nc1ccc(C(C)(C)C)cc1)c1ccco1. The van der Waals surface area contributed by atoms with E-state index in [2.05, 4.69) is 57.3 Å². The fourth-order valence-electron chi connectivity index (χ4n) is 2.13. The van der Waals surface area contributed by atoms with Crippen molar-refractivity contribution in [1.82, 2.24) is 0 Å². The lowest BCUT2D eigenvalue weighted by atomic mass is 9.87. The first-order valence-electron chi connectivity index (χ1n) is 6.91. The zero-order valence-corrected chi connectivity index (χ0v) is 12.2. The van der Waals surface area contributed by atoms with Crippen molar-refractivity contribution in [2.24, 2.45) is 0 Å². The van der Waals surface area contributed by atoms with E-state index in [0.29, 0.717) is 0 Å². The van der Waals surface area contributed by atoms with Crippen LogP contribution in [0, 0.1) is 0 Å². The largest absolute Gasteiger partial charge is 0.467 e. The van der Waals surface area contributed by atoms with Crippen LogP contribution in [0.5, 0.6) is 0 Å². The second-order valence-electron chi connectivity index (χ2n) is 5.95. The van der Waals surface area contributed by atoms with Crippen molar-refractivity contribution in [3.63, 3.8) is 0 Å². The van der Waals surface area contributed by atoms with Gasteiger partial charge in [0.1, 0.15) is 5.76 Å². The summed E-state index contributed by atoms with van der Waals surface area (Å²) in [6.45, 7) is 8.84. The molecule has 0 fully saturated rings. The van der Waals surface area contributed by atoms with Crippen LogP contribution in [0.15, 0.2) is 47.1 Å². The minimum atomic E-state index is 0.198. The predicted octanol–water partition coefficient (Wildman–Crippen LogP) is 5.14. The molecular weight excluding hydrogens is 234 g/mol. The van der Waals surface area contributed by atoms with Crippen LogP contribution in [0.1, 0.15) is 51.5 Å². The molecule has 1 N–H and O–H groups in total. The van der Waals surface area contributed by atoms with E-state index in [1.165, 1.54) is 5.56 Å². The Morgan fingerprint density at radius 3 is 2.26 bits per heavy atom. The van der Waals surface area contributed by atoms with Gasteiger partial charge in [0.2, 0.25) is 0 Å². The van der Waals surface area contributed by atoms with Gasteiger partial charge in [-0.2, -0.15) is 0 Å². The van der Waals surface area contributed by atoms with Crippen LogP contribution in [0.2, 0.25) is 0 Å². The summed E-state index contributed by atoms with van der Waals surface area (Å²) in [5, 5.41) is 3.52. The molecule has 1 aromatic carbocycles. The molecule has 0 radical (unpaired) electrons. The Labute approximate surface area is 115 Å². The Morgan fingerprint density at radius 1 is 1.11 bits per heavy atom. The smallest absolute Gasteiger partial charge is 0.125 e. The first-order valence-corrected chi connectivity index (χ1v) is 6.91. The molecule has 0 saturated heterocycles. The van der Waals surface area contributed by atoms with Crippen LogP contribution in [0.4, 0.5) is 5.69 Å². The third-order valence-corrected chi connectivity index (χ3v) is 3.39. The minimum Gasteiger partial charge on any atom is -0.467 e. The number of nitrogens with one attached hydrogen (secondary N) is 1. The molecule has 2 aromatic rings. The minimum absolute atomic E-state index is 0.198. The molecule has 2 nitrogen and oxygen atoms in total. The lowest BCUT2D eigenvalue weighted by Crippen LogP contribution is -2.12. The van der Waals surface area contributed by atoms with Crippen LogP contribution in [0.3, 0.4) is 0 Å². The van der Waals surface area contributed by atoms with E-state index in [1.54, 1.807) is 6.26 Å². The van der Waals surface area contributed by atoms with Crippen molar-refractivity contribution in [2.45, 2.75) is 45.6 Å². The Hall–Kier alpha value is -1.70. The molecule has 1 atom stereocenters. The van der Waals surface area contributed by atoms with Crippen LogP contribution < -0.4 is 5.32 Å². The van der Waals surface area contributed by atoms with Gasteiger partial charge in [0.05, 0.1) is 12.3 Å². The summed E-state index contributed by atoms with van der Waals surface area (Å²) in [6, 6.07) is 12.9. The average Bonchev–Trinajstić information content (AvgIpc) is 2.89. The molecule has 0 saturated carbocycles. The highest BCUT2D eigenvalue weighted by atomic mass is 16.3. The second-order valence-corrected chi connectivity index (χ2v) is 5.95. The summed E-state index contributed by atoms with van der Waals surface area (Å²) in [5.41, 5.74) is 2.68. The van der Waals surface area contributed by atoms with Gasteiger partial charge in [0.25, 0.3) is 0 Å². The summed E-state index contributed by atoms with van der Waals surface area (Å²) in [4.78, 5) is 0. The van der Waals surface area contributed by atoms with Gasteiger partial charge in [-0.15, -0.1) is 0 Å². The van der Waals surface area contributed by atoms with Gasteiger partial charge in [-0.1, -0.05) is 39.8 Å². The predicted molar refractivity (Wildman–Crippen MR) is 80.5 cm³/mol. The summed E-state index contributed by atoms with van der Waals surface area (Å²) in [7, 11) is 0. The Kier molecular flexibility index (Phi) is 3.98. The third-order valence-electron chi connectivity index (χ3n) is 3.39. The van der Waals surface area contributed by atoms with Crippen LogP contribution >= 0.6 is 0 Å². The molecule has 2 rings (SSSR count). The monoisotopic (exact) mass is 257 g/mol. The average molecular weight is 257 g/mol. The highest BCUT2D eigenvalue weighted by Gasteiger charge is 2.14. The molecule has 102 valence electrons. The molecule has 0 bridgehead atoms. The van der Waals surface area contributed by atoms with Gasteiger partial charge in [-0.05, 0) is 41.7 Å². The molecule has 0 aliphatic rings. The van der Waals surface area contributed by atoms with E-state index in [0.717, 1.165) is 17.9 Å². The summed E-state index contributed by atoms with van der Waals surface area (Å²) < 4.78 is 5.47. The Balaban J connectivity index is 2.11. The molecule has 0 amide bonds. The van der Waals surface area contributed by atoms with E-state index >= 15 is 0 Å². The van der Waals surface area contributed by atoms with Gasteiger partial charge in [-0.3, -0.25) is 0 Å². The highest BCUT2D eigenvalue weighted by Crippen LogP contribution is 2.26. The fourth-order valence-corrected chi connectivity index (χ4v) is 2.13. The van der Waals surface area contributed by atoms with Crippen molar-refractivity contribution in [1.29, 1.82) is 0 Å². The number of benzene rings is 1. The maximum atomic E-state index is 5.47. The van der Waals surface area contributed by atoms with Crippen molar-refractivity contribution < 1.29 is 4.42 Å². The van der Waals surface area contributed by atoms with Gasteiger partial charge in [-0.25, -0.2) is 0 Å².